The molecule has 4 rings (SSSR count). The van der Waals surface area contributed by atoms with Crippen molar-refractivity contribution in [1.82, 2.24) is 24.7 Å². The SMILES string of the molecule is CNS(=O)(=O)c1ccc(N2CCCC(CO)C2)c(Nc2ncnc3nc[nH]c23)c1. The number of piperidine rings is 1. The highest BCUT2D eigenvalue weighted by Crippen LogP contribution is 2.34. The van der Waals surface area contributed by atoms with Crippen molar-refractivity contribution < 1.29 is 13.5 Å². The van der Waals surface area contributed by atoms with E-state index in [-0.39, 0.29) is 17.4 Å². The van der Waals surface area contributed by atoms with Crippen LogP contribution in [0.2, 0.25) is 0 Å². The van der Waals surface area contributed by atoms with E-state index >= 15 is 0 Å². The summed E-state index contributed by atoms with van der Waals surface area (Å²) in [5.74, 6) is 0.694. The van der Waals surface area contributed by atoms with E-state index in [0.717, 1.165) is 25.1 Å². The van der Waals surface area contributed by atoms with Gasteiger partial charge in [0.2, 0.25) is 10.0 Å². The fraction of sp³-hybridized carbons (Fsp3) is 0.389. The van der Waals surface area contributed by atoms with Crippen molar-refractivity contribution in [2.24, 2.45) is 5.92 Å². The van der Waals surface area contributed by atoms with Gasteiger partial charge in [0.05, 0.1) is 22.6 Å². The summed E-state index contributed by atoms with van der Waals surface area (Å²) in [5, 5.41) is 12.8. The summed E-state index contributed by atoms with van der Waals surface area (Å²) < 4.78 is 27.0. The number of hydrogen-bond donors (Lipinski definition) is 4. The number of benzene rings is 1. The summed E-state index contributed by atoms with van der Waals surface area (Å²) >= 11 is 0. The normalized spacial score (nSPS) is 17.6. The van der Waals surface area contributed by atoms with E-state index in [2.05, 4.69) is 34.9 Å². The largest absolute Gasteiger partial charge is 0.396 e. The Morgan fingerprint density at radius 2 is 2.17 bits per heavy atom. The van der Waals surface area contributed by atoms with E-state index in [1.807, 2.05) is 0 Å². The van der Waals surface area contributed by atoms with Crippen molar-refractivity contribution in [2.75, 3.05) is 37.0 Å². The zero-order valence-corrected chi connectivity index (χ0v) is 16.8. The second-order valence-electron chi connectivity index (χ2n) is 6.97. The highest BCUT2D eigenvalue weighted by Gasteiger charge is 2.23. The first-order valence-corrected chi connectivity index (χ1v) is 10.8. The molecule has 4 N–H and O–H groups in total. The van der Waals surface area contributed by atoms with Crippen LogP contribution >= 0.6 is 0 Å². The van der Waals surface area contributed by atoms with Crippen LogP contribution in [0.25, 0.3) is 11.2 Å². The van der Waals surface area contributed by atoms with Gasteiger partial charge in [-0.05, 0) is 44.0 Å². The maximum absolute atomic E-state index is 12.3. The van der Waals surface area contributed by atoms with Crippen LogP contribution in [0.4, 0.5) is 17.2 Å². The van der Waals surface area contributed by atoms with Crippen LogP contribution in [0.1, 0.15) is 12.8 Å². The highest BCUT2D eigenvalue weighted by atomic mass is 32.2. The number of anilines is 3. The topological polar surface area (TPSA) is 136 Å². The van der Waals surface area contributed by atoms with Crippen LogP contribution in [0.3, 0.4) is 0 Å². The van der Waals surface area contributed by atoms with Crippen LogP contribution < -0.4 is 14.9 Å². The van der Waals surface area contributed by atoms with E-state index in [9.17, 15) is 13.5 Å². The third-order valence-electron chi connectivity index (χ3n) is 5.14. The molecule has 1 aromatic carbocycles. The van der Waals surface area contributed by atoms with Gasteiger partial charge in [-0.15, -0.1) is 0 Å². The van der Waals surface area contributed by atoms with E-state index in [1.54, 1.807) is 18.2 Å². The molecular weight excluding hydrogens is 394 g/mol. The van der Waals surface area contributed by atoms with Crippen molar-refractivity contribution in [3.63, 3.8) is 0 Å². The molecule has 0 aliphatic carbocycles. The van der Waals surface area contributed by atoms with Crippen molar-refractivity contribution in [3.8, 4) is 0 Å². The molecule has 3 heterocycles. The van der Waals surface area contributed by atoms with Crippen molar-refractivity contribution >= 4 is 38.4 Å². The smallest absolute Gasteiger partial charge is 0.240 e. The molecule has 2 aromatic heterocycles. The second-order valence-corrected chi connectivity index (χ2v) is 8.86. The summed E-state index contributed by atoms with van der Waals surface area (Å²) in [4.78, 5) is 17.8. The number of aromatic amines is 1. The predicted molar refractivity (Wildman–Crippen MR) is 110 cm³/mol. The summed E-state index contributed by atoms with van der Waals surface area (Å²) in [6, 6.07) is 4.96. The van der Waals surface area contributed by atoms with E-state index < -0.39 is 10.0 Å². The Bertz CT molecular complexity index is 1120. The van der Waals surface area contributed by atoms with Crippen LogP contribution in [0.15, 0.2) is 35.7 Å². The van der Waals surface area contributed by atoms with Gasteiger partial charge < -0.3 is 20.3 Å². The molecule has 1 aliphatic rings. The minimum absolute atomic E-state index is 0.131. The third kappa shape index (κ3) is 3.88. The number of fused-ring (bicyclic) bond motifs is 1. The molecule has 1 saturated heterocycles. The average Bonchev–Trinajstić information content (AvgIpc) is 3.23. The van der Waals surface area contributed by atoms with Crippen LogP contribution in [0, 0.1) is 5.92 Å². The molecule has 154 valence electrons. The highest BCUT2D eigenvalue weighted by molar-refractivity contribution is 7.89. The third-order valence-corrected chi connectivity index (χ3v) is 6.55. The number of nitrogens with one attached hydrogen (secondary N) is 3. The van der Waals surface area contributed by atoms with Gasteiger partial charge in [-0.25, -0.2) is 28.1 Å². The lowest BCUT2D eigenvalue weighted by Gasteiger charge is -2.35. The summed E-state index contributed by atoms with van der Waals surface area (Å²) in [6.45, 7) is 1.66. The first-order chi connectivity index (χ1) is 14.0. The first kappa shape index (κ1) is 19.6. The molecule has 0 saturated carbocycles. The number of sulfonamides is 1. The number of rotatable bonds is 6. The average molecular weight is 417 g/mol. The van der Waals surface area contributed by atoms with Gasteiger partial charge in [0.25, 0.3) is 0 Å². The van der Waals surface area contributed by atoms with Gasteiger partial charge in [0.1, 0.15) is 11.8 Å². The van der Waals surface area contributed by atoms with Gasteiger partial charge >= 0.3 is 0 Å². The number of H-pyrrole nitrogens is 1. The van der Waals surface area contributed by atoms with Crippen LogP contribution in [-0.4, -0.2) is 60.2 Å². The van der Waals surface area contributed by atoms with Crippen molar-refractivity contribution in [3.05, 3.63) is 30.9 Å². The quantitative estimate of drug-likeness (QED) is 0.470. The van der Waals surface area contributed by atoms with E-state index in [1.165, 1.54) is 19.7 Å². The molecule has 0 radical (unpaired) electrons. The van der Waals surface area contributed by atoms with Crippen LogP contribution in [0.5, 0.6) is 0 Å². The van der Waals surface area contributed by atoms with E-state index in [4.69, 9.17) is 0 Å². The maximum Gasteiger partial charge on any atom is 0.240 e. The molecule has 29 heavy (non-hydrogen) atoms. The predicted octanol–water partition coefficient (Wildman–Crippen LogP) is 1.21. The molecule has 0 spiro atoms. The molecule has 0 amide bonds. The fourth-order valence-corrected chi connectivity index (χ4v) is 4.35. The second kappa shape index (κ2) is 7.93. The lowest BCUT2D eigenvalue weighted by Crippen LogP contribution is -2.37. The Balaban J connectivity index is 1.78. The fourth-order valence-electron chi connectivity index (χ4n) is 3.60. The van der Waals surface area contributed by atoms with Crippen molar-refractivity contribution in [1.29, 1.82) is 0 Å². The number of hydrogen-bond acceptors (Lipinski definition) is 8. The maximum atomic E-state index is 12.3. The minimum atomic E-state index is -3.61. The number of aliphatic hydroxyl groups excluding tert-OH is 1. The zero-order valence-electron chi connectivity index (χ0n) is 16.0. The minimum Gasteiger partial charge on any atom is -0.396 e. The van der Waals surface area contributed by atoms with Gasteiger partial charge in [-0.3, -0.25) is 0 Å². The molecule has 10 nitrogen and oxygen atoms in total. The standard InChI is InChI=1S/C18H23N7O3S/c1-19-29(27,28)13-4-5-15(25-6-2-3-12(8-25)9-26)14(7-13)24-18-16-17(21-10-20-16)22-11-23-18/h4-5,7,10-12,19,26H,2-3,6,8-9H2,1H3,(H2,20,21,22,23,24). The Kier molecular flexibility index (Phi) is 5.35. The lowest BCUT2D eigenvalue weighted by molar-refractivity contribution is 0.209. The first-order valence-electron chi connectivity index (χ1n) is 9.36. The Morgan fingerprint density at radius 1 is 1.31 bits per heavy atom. The van der Waals surface area contributed by atoms with Crippen molar-refractivity contribution in [2.45, 2.75) is 17.7 Å². The van der Waals surface area contributed by atoms with E-state index in [0.29, 0.717) is 29.2 Å². The monoisotopic (exact) mass is 417 g/mol. The molecule has 1 aliphatic heterocycles. The Morgan fingerprint density at radius 3 is 2.97 bits per heavy atom. The molecule has 1 fully saturated rings. The number of aliphatic hydroxyl groups is 1. The summed E-state index contributed by atoms with van der Waals surface area (Å²) in [5.41, 5.74) is 2.60. The lowest BCUT2D eigenvalue weighted by atomic mass is 9.98. The number of aromatic nitrogens is 4. The molecule has 3 aromatic rings. The van der Waals surface area contributed by atoms with Crippen LogP contribution in [-0.2, 0) is 10.0 Å². The molecular formula is C18H23N7O3S. The Labute approximate surface area is 168 Å². The van der Waals surface area contributed by atoms with Gasteiger partial charge in [-0.1, -0.05) is 0 Å². The number of imidazole rings is 1. The molecule has 11 heteroatoms. The number of nitrogens with zero attached hydrogens (tertiary/aromatic N) is 4. The zero-order chi connectivity index (χ0) is 20.4. The molecule has 1 atom stereocenters. The van der Waals surface area contributed by atoms with Gasteiger partial charge in [0.15, 0.2) is 11.5 Å². The van der Waals surface area contributed by atoms with Gasteiger partial charge in [-0.2, -0.15) is 0 Å². The molecule has 0 bridgehead atoms. The molecule has 1 unspecified atom stereocenters. The summed E-state index contributed by atoms with van der Waals surface area (Å²) in [7, 11) is -2.23. The summed E-state index contributed by atoms with van der Waals surface area (Å²) in [6.07, 6.45) is 4.87. The Hall–Kier alpha value is -2.76. The van der Waals surface area contributed by atoms with Gasteiger partial charge in [0, 0.05) is 19.7 Å².